The summed E-state index contributed by atoms with van der Waals surface area (Å²) in [4.78, 5) is 44.1. The molecule has 3 fully saturated rings. The van der Waals surface area contributed by atoms with Gasteiger partial charge in [0.2, 0.25) is 23.6 Å². The van der Waals surface area contributed by atoms with Crippen LogP contribution in [0.5, 0.6) is 11.6 Å². The van der Waals surface area contributed by atoms with Gasteiger partial charge in [0.1, 0.15) is 0 Å². The van der Waals surface area contributed by atoms with Gasteiger partial charge >= 0.3 is 0 Å². The van der Waals surface area contributed by atoms with Crippen LogP contribution in [0.4, 0.5) is 5.95 Å². The molecule has 0 radical (unpaired) electrons. The molecule has 3 aliphatic rings. The van der Waals surface area contributed by atoms with Gasteiger partial charge in [-0.05, 0) is 61.7 Å². The maximum atomic E-state index is 12.5. The molecule has 238 valence electrons. The second kappa shape index (κ2) is 14.3. The summed E-state index contributed by atoms with van der Waals surface area (Å²) in [5.41, 5.74) is 2.54. The van der Waals surface area contributed by atoms with E-state index in [1.807, 2.05) is 29.2 Å². The molecule has 3 aliphatic heterocycles. The summed E-state index contributed by atoms with van der Waals surface area (Å²) in [6, 6.07) is 9.35. The largest absolute Gasteiger partial charge is 0.436 e. The number of likely N-dealkylation sites (tertiary alicyclic amines) is 1. The number of amides is 2. The second-order valence-electron chi connectivity index (χ2n) is 11.9. The van der Waals surface area contributed by atoms with Crippen LogP contribution in [0.2, 0.25) is 10.0 Å². The summed E-state index contributed by atoms with van der Waals surface area (Å²) in [5.74, 6) is 2.16. The Kier molecular flexibility index (Phi) is 9.99. The molecule has 45 heavy (non-hydrogen) atoms. The number of benzene rings is 1. The topological polar surface area (TPSA) is 113 Å². The zero-order valence-electron chi connectivity index (χ0n) is 25.3. The van der Waals surface area contributed by atoms with Crippen molar-refractivity contribution in [2.75, 3.05) is 63.9 Å². The highest BCUT2D eigenvalue weighted by atomic mass is 35.5. The summed E-state index contributed by atoms with van der Waals surface area (Å²) >= 11 is 12.7. The first kappa shape index (κ1) is 31.5. The lowest BCUT2D eigenvalue weighted by Crippen LogP contribution is -2.53. The standard InChI is InChI=1S/C32H37Cl2N7O4/c1-21(42)35-15-22-2-4-39(5-3-22)18-23-10-29(24-12-26(33)14-27(34)13-24)38-30(11-23)45-28-16-36-32(37-17-28)41-8-6-40(7-9-41)31(43)25-19-44-20-25/h10-14,16-17,22,25H,2-9,15,18-20H2,1H3,(H,35,42). The number of piperidine rings is 1. The Hall–Kier alpha value is -3.51. The van der Waals surface area contributed by atoms with Crippen molar-refractivity contribution in [1.29, 1.82) is 0 Å². The number of nitrogens with zero attached hydrogens (tertiary/aromatic N) is 6. The van der Waals surface area contributed by atoms with Gasteiger partial charge in [-0.1, -0.05) is 23.2 Å². The molecule has 2 amide bonds. The summed E-state index contributed by atoms with van der Waals surface area (Å²) < 4.78 is 11.4. The lowest BCUT2D eigenvalue weighted by atomic mass is 9.96. The molecule has 6 rings (SSSR count). The van der Waals surface area contributed by atoms with Crippen molar-refractivity contribution in [3.63, 3.8) is 0 Å². The average Bonchev–Trinajstić information content (AvgIpc) is 3.00. The molecular weight excluding hydrogens is 617 g/mol. The van der Waals surface area contributed by atoms with Gasteiger partial charge < -0.3 is 24.6 Å². The quantitative estimate of drug-likeness (QED) is 0.361. The van der Waals surface area contributed by atoms with Gasteiger partial charge in [-0.25, -0.2) is 15.0 Å². The molecular formula is C32H37Cl2N7O4. The molecule has 0 unspecified atom stereocenters. The van der Waals surface area contributed by atoms with Crippen molar-refractivity contribution in [3.05, 3.63) is 58.3 Å². The average molecular weight is 655 g/mol. The van der Waals surface area contributed by atoms with Crippen LogP contribution in [0, 0.1) is 11.8 Å². The number of carbonyl (C=O) groups is 2. The number of hydrogen-bond donors (Lipinski definition) is 1. The molecule has 0 saturated carbocycles. The zero-order valence-corrected chi connectivity index (χ0v) is 26.8. The first-order chi connectivity index (χ1) is 21.8. The maximum absolute atomic E-state index is 12.5. The summed E-state index contributed by atoms with van der Waals surface area (Å²) in [7, 11) is 0. The van der Waals surface area contributed by atoms with E-state index in [0.29, 0.717) is 78.6 Å². The normalized spacial score (nSPS) is 18.0. The zero-order chi connectivity index (χ0) is 31.3. The van der Waals surface area contributed by atoms with E-state index in [1.54, 1.807) is 25.4 Å². The smallest absolute Gasteiger partial charge is 0.230 e. The molecule has 3 aromatic rings. The third-order valence-corrected chi connectivity index (χ3v) is 8.91. The predicted molar refractivity (Wildman–Crippen MR) is 172 cm³/mol. The van der Waals surface area contributed by atoms with E-state index in [4.69, 9.17) is 37.7 Å². The molecule has 5 heterocycles. The maximum Gasteiger partial charge on any atom is 0.230 e. The van der Waals surface area contributed by atoms with Crippen molar-refractivity contribution < 1.29 is 19.1 Å². The van der Waals surface area contributed by atoms with Crippen LogP contribution in [0.1, 0.15) is 25.3 Å². The number of pyridine rings is 1. The van der Waals surface area contributed by atoms with Crippen LogP contribution in [-0.4, -0.2) is 95.6 Å². The molecule has 13 heteroatoms. The van der Waals surface area contributed by atoms with Crippen molar-refractivity contribution in [1.82, 2.24) is 30.1 Å². The fraction of sp³-hybridized carbons (Fsp3) is 0.469. The summed E-state index contributed by atoms with van der Waals surface area (Å²) in [6.45, 7) is 8.54. The molecule has 0 spiro atoms. The Morgan fingerprint density at radius 2 is 1.64 bits per heavy atom. The van der Waals surface area contributed by atoms with Crippen molar-refractivity contribution >= 4 is 41.0 Å². The number of hydrogen-bond acceptors (Lipinski definition) is 9. The van der Waals surface area contributed by atoms with Crippen LogP contribution in [0.25, 0.3) is 11.3 Å². The molecule has 0 atom stereocenters. The van der Waals surface area contributed by atoms with E-state index < -0.39 is 0 Å². The molecule has 2 aromatic heterocycles. The minimum absolute atomic E-state index is 0.00101. The van der Waals surface area contributed by atoms with Crippen LogP contribution in [0.15, 0.2) is 42.7 Å². The molecule has 0 aliphatic carbocycles. The lowest BCUT2D eigenvalue weighted by Gasteiger charge is -2.38. The fourth-order valence-corrected chi connectivity index (χ4v) is 6.38. The first-order valence-electron chi connectivity index (χ1n) is 15.3. The number of rotatable bonds is 9. The monoisotopic (exact) mass is 653 g/mol. The first-order valence-corrected chi connectivity index (χ1v) is 16.1. The Morgan fingerprint density at radius 1 is 0.956 bits per heavy atom. The van der Waals surface area contributed by atoms with Gasteiger partial charge in [-0.2, -0.15) is 0 Å². The minimum Gasteiger partial charge on any atom is -0.436 e. The van der Waals surface area contributed by atoms with E-state index in [9.17, 15) is 9.59 Å². The predicted octanol–water partition coefficient (Wildman–Crippen LogP) is 4.28. The van der Waals surface area contributed by atoms with Crippen molar-refractivity contribution in [2.45, 2.75) is 26.3 Å². The Labute approximate surface area is 272 Å². The van der Waals surface area contributed by atoms with Crippen LogP contribution < -0.4 is 15.0 Å². The van der Waals surface area contributed by atoms with E-state index in [0.717, 1.165) is 50.1 Å². The number of nitrogens with one attached hydrogen (secondary N) is 1. The van der Waals surface area contributed by atoms with E-state index in [-0.39, 0.29) is 17.7 Å². The van der Waals surface area contributed by atoms with Crippen molar-refractivity contribution in [2.24, 2.45) is 11.8 Å². The van der Waals surface area contributed by atoms with Crippen LogP contribution >= 0.6 is 23.2 Å². The molecule has 11 nitrogen and oxygen atoms in total. The van der Waals surface area contributed by atoms with E-state index >= 15 is 0 Å². The SMILES string of the molecule is CC(=O)NCC1CCN(Cc2cc(Oc3cnc(N4CCN(C(=O)C5COC5)CC4)nc3)nc(-c3cc(Cl)cc(Cl)c3)c2)CC1. The summed E-state index contributed by atoms with van der Waals surface area (Å²) in [6.07, 6.45) is 5.34. The Balaban J connectivity index is 1.13. The van der Waals surface area contributed by atoms with Crippen LogP contribution in [0.3, 0.4) is 0 Å². The van der Waals surface area contributed by atoms with E-state index in [2.05, 4.69) is 25.1 Å². The fourth-order valence-electron chi connectivity index (χ4n) is 5.86. The molecule has 1 aromatic carbocycles. The second-order valence-corrected chi connectivity index (χ2v) is 12.8. The number of halogens is 2. The number of anilines is 1. The number of carbonyl (C=O) groups excluding carboxylic acids is 2. The molecule has 1 N–H and O–H groups in total. The third kappa shape index (κ3) is 8.21. The van der Waals surface area contributed by atoms with Crippen molar-refractivity contribution in [3.8, 4) is 22.9 Å². The minimum atomic E-state index is 0.00101. The van der Waals surface area contributed by atoms with Gasteiger partial charge in [0.15, 0.2) is 5.75 Å². The lowest BCUT2D eigenvalue weighted by molar-refractivity contribution is -0.150. The third-order valence-electron chi connectivity index (χ3n) is 8.47. The van der Waals surface area contributed by atoms with E-state index in [1.165, 1.54) is 0 Å². The highest BCUT2D eigenvalue weighted by Crippen LogP contribution is 2.31. The molecule has 0 bridgehead atoms. The van der Waals surface area contributed by atoms with Gasteiger partial charge in [-0.3, -0.25) is 14.5 Å². The Morgan fingerprint density at radius 3 is 2.27 bits per heavy atom. The number of aromatic nitrogens is 3. The summed E-state index contributed by atoms with van der Waals surface area (Å²) in [5, 5.41) is 4.00. The van der Waals surface area contributed by atoms with Gasteiger partial charge in [0, 0.05) is 67.9 Å². The van der Waals surface area contributed by atoms with Gasteiger partial charge in [0.25, 0.3) is 0 Å². The van der Waals surface area contributed by atoms with Gasteiger partial charge in [-0.15, -0.1) is 0 Å². The highest BCUT2D eigenvalue weighted by molar-refractivity contribution is 6.35. The number of ether oxygens (including phenoxy) is 2. The molecule has 3 saturated heterocycles. The highest BCUT2D eigenvalue weighted by Gasteiger charge is 2.32. The Bertz CT molecular complexity index is 1490. The number of piperazine rings is 1. The van der Waals surface area contributed by atoms with Gasteiger partial charge in [0.05, 0.1) is 37.2 Å². The van der Waals surface area contributed by atoms with Crippen LogP contribution in [-0.2, 0) is 20.9 Å².